The van der Waals surface area contributed by atoms with Crippen molar-refractivity contribution in [2.24, 2.45) is 0 Å². The zero-order valence-electron chi connectivity index (χ0n) is 15.7. The first kappa shape index (κ1) is 19.7. The molecule has 5 heteroatoms. The lowest BCUT2D eigenvalue weighted by Gasteiger charge is -2.20. The standard InChI is InChI=1S/C21H22N2O2S/c1-13(2)24-18-10-16(11-22)21(17(12-23)20(18)25-14(3)4)26-19-9-7-6-8-15(19)5/h6-10,13-14H,1-5H3. The molecule has 0 radical (unpaired) electrons. The molecule has 0 amide bonds. The average molecular weight is 366 g/mol. The summed E-state index contributed by atoms with van der Waals surface area (Å²) in [5, 5.41) is 19.5. The van der Waals surface area contributed by atoms with E-state index in [1.165, 1.54) is 11.8 Å². The third-order valence-electron chi connectivity index (χ3n) is 3.45. The first-order chi connectivity index (χ1) is 12.4. The largest absolute Gasteiger partial charge is 0.487 e. The summed E-state index contributed by atoms with van der Waals surface area (Å²) >= 11 is 1.40. The van der Waals surface area contributed by atoms with E-state index < -0.39 is 0 Å². The molecule has 0 saturated carbocycles. The molecule has 2 aromatic rings. The number of aryl methyl sites for hydroxylation is 1. The zero-order valence-corrected chi connectivity index (χ0v) is 16.5. The summed E-state index contributed by atoms with van der Waals surface area (Å²) in [6.07, 6.45) is -0.224. The van der Waals surface area contributed by atoms with E-state index in [1.807, 2.05) is 58.9 Å². The molecule has 0 spiro atoms. The Morgan fingerprint density at radius 3 is 2.15 bits per heavy atom. The van der Waals surface area contributed by atoms with Crippen molar-refractivity contribution >= 4 is 11.8 Å². The minimum atomic E-state index is -0.124. The molecule has 2 rings (SSSR count). The van der Waals surface area contributed by atoms with Crippen LogP contribution in [-0.2, 0) is 0 Å². The maximum absolute atomic E-state index is 9.83. The first-order valence-corrected chi connectivity index (χ1v) is 9.27. The van der Waals surface area contributed by atoms with Crippen molar-refractivity contribution in [2.75, 3.05) is 0 Å². The molecule has 0 atom stereocenters. The molecule has 26 heavy (non-hydrogen) atoms. The minimum Gasteiger partial charge on any atom is -0.487 e. The summed E-state index contributed by atoms with van der Waals surface area (Å²) in [6.45, 7) is 9.59. The second kappa shape index (κ2) is 8.65. The van der Waals surface area contributed by atoms with Crippen molar-refractivity contribution in [3.63, 3.8) is 0 Å². The van der Waals surface area contributed by atoms with E-state index in [0.29, 0.717) is 27.5 Å². The van der Waals surface area contributed by atoms with Gasteiger partial charge in [0.25, 0.3) is 0 Å². The fourth-order valence-electron chi connectivity index (χ4n) is 2.39. The van der Waals surface area contributed by atoms with Gasteiger partial charge in [-0.3, -0.25) is 0 Å². The van der Waals surface area contributed by atoms with Crippen LogP contribution in [0.4, 0.5) is 0 Å². The Balaban J connectivity index is 2.68. The van der Waals surface area contributed by atoms with Crippen LogP contribution in [0.1, 0.15) is 44.4 Å². The Morgan fingerprint density at radius 2 is 1.62 bits per heavy atom. The van der Waals surface area contributed by atoms with Gasteiger partial charge in [-0.05, 0) is 46.2 Å². The lowest BCUT2D eigenvalue weighted by atomic mass is 10.1. The van der Waals surface area contributed by atoms with Crippen molar-refractivity contribution in [1.29, 1.82) is 10.5 Å². The van der Waals surface area contributed by atoms with E-state index in [4.69, 9.17) is 9.47 Å². The van der Waals surface area contributed by atoms with Gasteiger partial charge in [0.05, 0.1) is 22.7 Å². The molecule has 0 aliphatic carbocycles. The van der Waals surface area contributed by atoms with E-state index in [0.717, 1.165) is 10.5 Å². The van der Waals surface area contributed by atoms with Gasteiger partial charge in [0.1, 0.15) is 17.7 Å². The molecule has 0 heterocycles. The van der Waals surface area contributed by atoms with E-state index in [9.17, 15) is 10.5 Å². The Bertz CT molecular complexity index is 877. The van der Waals surface area contributed by atoms with Crippen LogP contribution < -0.4 is 9.47 Å². The van der Waals surface area contributed by atoms with Gasteiger partial charge < -0.3 is 9.47 Å². The fraction of sp³-hybridized carbons (Fsp3) is 0.333. The number of hydrogen-bond acceptors (Lipinski definition) is 5. The van der Waals surface area contributed by atoms with Crippen LogP contribution in [0.15, 0.2) is 40.1 Å². The summed E-state index contributed by atoms with van der Waals surface area (Å²) in [4.78, 5) is 1.59. The van der Waals surface area contributed by atoms with Crippen molar-refractivity contribution in [3.8, 4) is 23.6 Å². The summed E-state index contributed by atoms with van der Waals surface area (Å²) in [5.74, 6) is 0.821. The van der Waals surface area contributed by atoms with E-state index in [-0.39, 0.29) is 12.2 Å². The van der Waals surface area contributed by atoms with Crippen molar-refractivity contribution < 1.29 is 9.47 Å². The smallest absolute Gasteiger partial charge is 0.180 e. The lowest BCUT2D eigenvalue weighted by molar-refractivity contribution is 0.197. The lowest BCUT2D eigenvalue weighted by Crippen LogP contribution is -2.13. The Labute approximate surface area is 159 Å². The van der Waals surface area contributed by atoms with Crippen LogP contribution in [0.5, 0.6) is 11.5 Å². The Morgan fingerprint density at radius 1 is 0.962 bits per heavy atom. The average Bonchev–Trinajstić information content (AvgIpc) is 2.58. The van der Waals surface area contributed by atoms with Crippen LogP contribution in [0, 0.1) is 29.6 Å². The molecular formula is C21H22N2O2S. The molecule has 134 valence electrons. The van der Waals surface area contributed by atoms with Crippen molar-refractivity contribution in [3.05, 3.63) is 47.0 Å². The molecule has 0 aliphatic heterocycles. The van der Waals surface area contributed by atoms with Crippen molar-refractivity contribution in [2.45, 2.75) is 56.6 Å². The monoisotopic (exact) mass is 366 g/mol. The number of benzene rings is 2. The van der Waals surface area contributed by atoms with Gasteiger partial charge in [-0.25, -0.2) is 0 Å². The third kappa shape index (κ3) is 4.50. The zero-order chi connectivity index (χ0) is 19.3. The second-order valence-electron chi connectivity index (χ2n) is 6.38. The topological polar surface area (TPSA) is 66.0 Å². The predicted octanol–water partition coefficient (Wildman–Crippen LogP) is 5.46. The molecule has 0 bridgehead atoms. The molecule has 4 nitrogen and oxygen atoms in total. The summed E-state index contributed by atoms with van der Waals surface area (Å²) in [6, 6.07) is 14.0. The highest BCUT2D eigenvalue weighted by molar-refractivity contribution is 7.99. The van der Waals surface area contributed by atoms with Gasteiger partial charge in [-0.15, -0.1) is 0 Å². The molecule has 0 saturated heterocycles. The van der Waals surface area contributed by atoms with Gasteiger partial charge in [0.2, 0.25) is 0 Å². The molecule has 0 N–H and O–H groups in total. The van der Waals surface area contributed by atoms with Crippen LogP contribution in [0.3, 0.4) is 0 Å². The molecular weight excluding hydrogens is 344 g/mol. The predicted molar refractivity (Wildman–Crippen MR) is 103 cm³/mol. The molecule has 0 fully saturated rings. The maximum Gasteiger partial charge on any atom is 0.180 e. The molecule has 0 aliphatic rings. The van der Waals surface area contributed by atoms with Crippen LogP contribution in [0.25, 0.3) is 0 Å². The summed E-state index contributed by atoms with van der Waals surface area (Å²) in [7, 11) is 0. The van der Waals surface area contributed by atoms with Gasteiger partial charge in [-0.2, -0.15) is 10.5 Å². The second-order valence-corrected chi connectivity index (χ2v) is 7.43. The van der Waals surface area contributed by atoms with E-state index in [1.54, 1.807) is 6.07 Å². The number of hydrogen-bond donors (Lipinski definition) is 0. The normalized spacial score (nSPS) is 10.5. The van der Waals surface area contributed by atoms with Gasteiger partial charge in [-0.1, -0.05) is 30.0 Å². The van der Waals surface area contributed by atoms with Crippen LogP contribution in [0.2, 0.25) is 0 Å². The number of rotatable bonds is 6. The number of ether oxygens (including phenoxy) is 2. The van der Waals surface area contributed by atoms with Gasteiger partial charge in [0.15, 0.2) is 11.5 Å². The quantitative estimate of drug-likeness (QED) is 0.679. The molecule has 0 unspecified atom stereocenters. The van der Waals surface area contributed by atoms with Gasteiger partial charge in [0, 0.05) is 11.0 Å². The van der Waals surface area contributed by atoms with Crippen molar-refractivity contribution in [1.82, 2.24) is 0 Å². The Hall–Kier alpha value is -2.63. The highest BCUT2D eigenvalue weighted by Gasteiger charge is 2.23. The van der Waals surface area contributed by atoms with E-state index in [2.05, 4.69) is 12.1 Å². The number of nitriles is 2. The van der Waals surface area contributed by atoms with E-state index >= 15 is 0 Å². The maximum atomic E-state index is 9.83. The van der Waals surface area contributed by atoms with Crippen LogP contribution >= 0.6 is 11.8 Å². The van der Waals surface area contributed by atoms with Gasteiger partial charge >= 0.3 is 0 Å². The molecule has 0 aromatic heterocycles. The fourth-order valence-corrected chi connectivity index (χ4v) is 3.44. The SMILES string of the molecule is Cc1ccccc1Sc1c(C#N)cc(OC(C)C)c(OC(C)C)c1C#N. The Kier molecular flexibility index (Phi) is 6.55. The number of nitrogens with zero attached hydrogens (tertiary/aromatic N) is 2. The minimum absolute atomic E-state index is 0.0996. The molecule has 2 aromatic carbocycles. The summed E-state index contributed by atoms with van der Waals surface area (Å²) < 4.78 is 11.7. The first-order valence-electron chi connectivity index (χ1n) is 8.45. The summed E-state index contributed by atoms with van der Waals surface area (Å²) in [5.41, 5.74) is 1.82. The highest BCUT2D eigenvalue weighted by atomic mass is 32.2. The van der Waals surface area contributed by atoms with Crippen LogP contribution in [-0.4, -0.2) is 12.2 Å². The highest BCUT2D eigenvalue weighted by Crippen LogP contribution is 2.44. The third-order valence-corrected chi connectivity index (χ3v) is 4.76.